The minimum Gasteiger partial charge on any atom is -0.303 e. The van der Waals surface area contributed by atoms with Gasteiger partial charge in [-0.15, -0.1) is 0 Å². The van der Waals surface area contributed by atoms with Crippen LogP contribution >= 0.6 is 7.82 Å². The molecule has 2 aromatic rings. The first-order valence-electron chi connectivity index (χ1n) is 6.88. The van der Waals surface area contributed by atoms with Crippen molar-refractivity contribution in [3.05, 3.63) is 84.4 Å². The molecule has 120 valence electrons. The number of hydrogen-bond acceptors (Lipinski definition) is 3. The highest BCUT2D eigenvalue weighted by molar-refractivity contribution is 7.46. The van der Waals surface area contributed by atoms with E-state index >= 15 is 0 Å². The second-order valence-corrected chi connectivity index (χ2v) is 6.21. The maximum absolute atomic E-state index is 12.7. The lowest BCUT2D eigenvalue weighted by Gasteiger charge is -2.32. The van der Waals surface area contributed by atoms with Crippen LogP contribution < -0.4 is 0 Å². The molecule has 6 heteroatoms. The van der Waals surface area contributed by atoms with Crippen molar-refractivity contribution in [1.82, 2.24) is 0 Å². The Morgan fingerprint density at radius 3 is 1.83 bits per heavy atom. The molecule has 0 atom stereocenters. The molecule has 0 unspecified atom stereocenters. The SMILES string of the molecule is C=CC(=O)C(COP(=O)(O)O)(c1ccccc1)c1ccccc1. The summed E-state index contributed by atoms with van der Waals surface area (Å²) in [5, 5.41) is 0. The van der Waals surface area contributed by atoms with Crippen LogP contribution in [0.3, 0.4) is 0 Å². The molecule has 2 aromatic carbocycles. The van der Waals surface area contributed by atoms with Crippen LogP contribution in [0.1, 0.15) is 11.1 Å². The van der Waals surface area contributed by atoms with E-state index in [4.69, 9.17) is 14.3 Å². The summed E-state index contributed by atoms with van der Waals surface area (Å²) >= 11 is 0. The zero-order chi connectivity index (χ0) is 16.9. The molecule has 0 heterocycles. The Hall–Kier alpha value is -2.04. The maximum Gasteiger partial charge on any atom is 0.469 e. The molecule has 0 spiro atoms. The Labute approximate surface area is 134 Å². The summed E-state index contributed by atoms with van der Waals surface area (Å²) in [6.45, 7) is 3.03. The third-order valence-electron chi connectivity index (χ3n) is 3.59. The number of carbonyl (C=O) groups excluding carboxylic acids is 1. The Bertz CT molecular complexity index is 682. The fourth-order valence-corrected chi connectivity index (χ4v) is 2.85. The number of ketones is 1. The molecule has 23 heavy (non-hydrogen) atoms. The summed E-state index contributed by atoms with van der Waals surface area (Å²) in [7, 11) is -4.74. The molecular formula is C17H17O5P. The van der Waals surface area contributed by atoms with Gasteiger partial charge in [0.15, 0.2) is 5.78 Å². The Kier molecular flexibility index (Phi) is 5.29. The van der Waals surface area contributed by atoms with Gasteiger partial charge in [-0.05, 0) is 17.2 Å². The van der Waals surface area contributed by atoms with Gasteiger partial charge >= 0.3 is 7.82 Å². The first-order chi connectivity index (χ1) is 10.9. The van der Waals surface area contributed by atoms with E-state index in [9.17, 15) is 9.36 Å². The van der Waals surface area contributed by atoms with Gasteiger partial charge in [0.1, 0.15) is 5.41 Å². The number of carbonyl (C=O) groups is 1. The third-order valence-corrected chi connectivity index (χ3v) is 4.05. The molecule has 0 aliphatic heterocycles. The Morgan fingerprint density at radius 2 is 1.48 bits per heavy atom. The molecule has 0 fully saturated rings. The van der Waals surface area contributed by atoms with Crippen LogP contribution in [-0.2, 0) is 19.3 Å². The molecule has 0 radical (unpaired) electrons. The summed E-state index contributed by atoms with van der Waals surface area (Å²) in [4.78, 5) is 30.9. The van der Waals surface area contributed by atoms with Crippen LogP contribution in [0.15, 0.2) is 73.3 Å². The van der Waals surface area contributed by atoms with Gasteiger partial charge in [0.2, 0.25) is 0 Å². The minimum atomic E-state index is -4.74. The number of benzene rings is 2. The summed E-state index contributed by atoms with van der Waals surface area (Å²) in [6, 6.07) is 17.5. The molecular weight excluding hydrogens is 315 g/mol. The molecule has 0 saturated carbocycles. The average molecular weight is 332 g/mol. The largest absolute Gasteiger partial charge is 0.469 e. The zero-order valence-corrected chi connectivity index (χ0v) is 13.2. The monoisotopic (exact) mass is 332 g/mol. The van der Waals surface area contributed by atoms with Gasteiger partial charge in [0.25, 0.3) is 0 Å². The maximum atomic E-state index is 12.7. The van der Waals surface area contributed by atoms with Gasteiger partial charge < -0.3 is 9.79 Å². The summed E-state index contributed by atoms with van der Waals surface area (Å²) in [5.41, 5.74) is -0.222. The van der Waals surface area contributed by atoms with E-state index in [2.05, 4.69) is 6.58 Å². The van der Waals surface area contributed by atoms with Crippen LogP contribution in [0.2, 0.25) is 0 Å². The number of hydrogen-bond donors (Lipinski definition) is 2. The molecule has 0 bridgehead atoms. The summed E-state index contributed by atoms with van der Waals surface area (Å²) in [6.07, 6.45) is 1.14. The second-order valence-electron chi connectivity index (χ2n) is 4.97. The summed E-state index contributed by atoms with van der Waals surface area (Å²) < 4.78 is 15.9. The quantitative estimate of drug-likeness (QED) is 0.602. The Morgan fingerprint density at radius 1 is 1.04 bits per heavy atom. The zero-order valence-electron chi connectivity index (χ0n) is 12.3. The van der Waals surface area contributed by atoms with Crippen molar-refractivity contribution in [3.63, 3.8) is 0 Å². The van der Waals surface area contributed by atoms with Crippen molar-refractivity contribution < 1.29 is 23.7 Å². The molecule has 0 aliphatic carbocycles. The molecule has 0 amide bonds. The lowest BCUT2D eigenvalue weighted by Crippen LogP contribution is -2.40. The molecule has 2 N–H and O–H groups in total. The number of phosphoric acid groups is 1. The van der Waals surface area contributed by atoms with E-state index in [0.29, 0.717) is 11.1 Å². The van der Waals surface area contributed by atoms with E-state index in [1.54, 1.807) is 60.7 Å². The van der Waals surface area contributed by atoms with Crippen molar-refractivity contribution in [3.8, 4) is 0 Å². The molecule has 0 saturated heterocycles. The van der Waals surface area contributed by atoms with E-state index in [-0.39, 0.29) is 0 Å². The average Bonchev–Trinajstić information content (AvgIpc) is 2.56. The predicted molar refractivity (Wildman–Crippen MR) is 86.9 cm³/mol. The van der Waals surface area contributed by atoms with Crippen LogP contribution in [0.4, 0.5) is 0 Å². The van der Waals surface area contributed by atoms with Crippen LogP contribution in [0.25, 0.3) is 0 Å². The van der Waals surface area contributed by atoms with E-state index < -0.39 is 25.6 Å². The van der Waals surface area contributed by atoms with E-state index in [0.717, 1.165) is 6.08 Å². The van der Waals surface area contributed by atoms with Gasteiger partial charge in [-0.3, -0.25) is 9.32 Å². The van der Waals surface area contributed by atoms with Crippen molar-refractivity contribution in [2.45, 2.75) is 5.41 Å². The van der Waals surface area contributed by atoms with Gasteiger partial charge in [-0.25, -0.2) is 4.57 Å². The fourth-order valence-electron chi connectivity index (χ4n) is 2.49. The normalized spacial score (nSPS) is 11.9. The van der Waals surface area contributed by atoms with Crippen LogP contribution in [0.5, 0.6) is 0 Å². The van der Waals surface area contributed by atoms with Crippen LogP contribution in [-0.4, -0.2) is 22.2 Å². The molecule has 2 rings (SSSR count). The van der Waals surface area contributed by atoms with Crippen molar-refractivity contribution in [2.75, 3.05) is 6.61 Å². The minimum absolute atomic E-state index is 0.400. The highest BCUT2D eigenvalue weighted by Crippen LogP contribution is 2.42. The van der Waals surface area contributed by atoms with Crippen molar-refractivity contribution in [2.24, 2.45) is 0 Å². The highest BCUT2D eigenvalue weighted by atomic mass is 31.2. The van der Waals surface area contributed by atoms with Gasteiger partial charge in [-0.1, -0.05) is 67.2 Å². The smallest absolute Gasteiger partial charge is 0.303 e. The first kappa shape index (κ1) is 17.3. The van der Waals surface area contributed by atoms with Gasteiger partial charge in [-0.2, -0.15) is 0 Å². The van der Waals surface area contributed by atoms with Gasteiger partial charge in [0, 0.05) is 0 Å². The van der Waals surface area contributed by atoms with E-state index in [1.165, 1.54) is 0 Å². The predicted octanol–water partition coefficient (Wildman–Crippen LogP) is 2.84. The molecule has 0 aliphatic rings. The number of phosphoric ester groups is 1. The molecule has 0 aromatic heterocycles. The molecule has 5 nitrogen and oxygen atoms in total. The fraction of sp³-hybridized carbons (Fsp3) is 0.118. The highest BCUT2D eigenvalue weighted by Gasteiger charge is 2.42. The lowest BCUT2D eigenvalue weighted by molar-refractivity contribution is -0.119. The summed E-state index contributed by atoms with van der Waals surface area (Å²) in [5.74, 6) is -0.400. The topological polar surface area (TPSA) is 83.8 Å². The number of rotatable bonds is 7. The number of allylic oxidation sites excluding steroid dienone is 1. The van der Waals surface area contributed by atoms with Crippen LogP contribution in [0, 0.1) is 0 Å². The first-order valence-corrected chi connectivity index (χ1v) is 8.41. The van der Waals surface area contributed by atoms with Crippen molar-refractivity contribution in [1.29, 1.82) is 0 Å². The lowest BCUT2D eigenvalue weighted by atomic mass is 9.72. The Balaban J connectivity index is 2.66. The van der Waals surface area contributed by atoms with Gasteiger partial charge in [0.05, 0.1) is 6.61 Å². The van der Waals surface area contributed by atoms with E-state index in [1.807, 2.05) is 0 Å². The van der Waals surface area contributed by atoms with Crippen molar-refractivity contribution >= 4 is 13.6 Å². The second kappa shape index (κ2) is 7.02. The standard InChI is InChI=1S/C17H17O5P/c1-2-16(18)17(13-22-23(19,20)21,14-9-5-3-6-10-14)15-11-7-4-8-12-15/h2-12H,1,13H2,(H2,19,20,21). The third kappa shape index (κ3) is 3.84.